The number of aromatic nitrogens is 2. The second-order valence-electron chi connectivity index (χ2n) is 12.6. The Bertz CT molecular complexity index is 831. The third-order valence-corrected chi connectivity index (χ3v) is 9.40. The van der Waals surface area contributed by atoms with Crippen LogP contribution in [0.15, 0.2) is 18.3 Å². The molecular weight excluding hydrogens is 447 g/mol. The minimum absolute atomic E-state index is 0.691. The number of rotatable bonds is 3. The molecule has 2 aliphatic rings. The van der Waals surface area contributed by atoms with Crippen LogP contribution in [-0.4, -0.2) is 17.2 Å². The first kappa shape index (κ1) is 28.8. The molecule has 1 N–H and O–H groups in total. The lowest BCUT2D eigenvalue weighted by molar-refractivity contribution is 0.467. The van der Waals surface area contributed by atoms with Gasteiger partial charge in [-0.1, -0.05) is 153 Å². The molecule has 2 nitrogen and oxygen atoms in total. The lowest BCUT2D eigenvalue weighted by Crippen LogP contribution is -2.20. The van der Waals surface area contributed by atoms with Crippen LogP contribution >= 0.6 is 0 Å². The summed E-state index contributed by atoms with van der Waals surface area (Å²) < 4.78 is 0. The first-order valence-electron chi connectivity index (χ1n) is 16.7. The van der Waals surface area contributed by atoms with Crippen molar-refractivity contribution in [2.24, 2.45) is 0 Å². The number of H-pyrrole nitrogens is 1. The predicted octanol–water partition coefficient (Wildman–Crippen LogP) is 10.5. The molecule has 2 aliphatic carbocycles. The van der Waals surface area contributed by atoms with Gasteiger partial charge in [-0.3, -0.25) is 4.98 Å². The second-order valence-corrected chi connectivity index (χ2v) is 12.6. The second kappa shape index (κ2) is 17.4. The van der Waals surface area contributed by atoms with Gasteiger partial charge in [0.2, 0.25) is 0 Å². The molecule has 0 spiro atoms. The van der Waals surface area contributed by atoms with Gasteiger partial charge in [0, 0.05) is 6.20 Å². The Kier molecular flexibility index (Phi) is 13.5. The van der Waals surface area contributed by atoms with Gasteiger partial charge in [-0.05, 0) is 42.0 Å². The summed E-state index contributed by atoms with van der Waals surface area (Å²) in [6.45, 7) is 0. The van der Waals surface area contributed by atoms with Crippen molar-refractivity contribution < 1.29 is 0 Å². The maximum absolute atomic E-state index is 4.96. The average Bonchev–Trinajstić information content (AvgIpc) is 3.29. The van der Waals surface area contributed by atoms with Crippen molar-refractivity contribution in [3.05, 3.63) is 23.9 Å². The highest BCUT2D eigenvalue weighted by atomic mass is 14.8. The van der Waals surface area contributed by atoms with Crippen LogP contribution in [0, 0.1) is 0 Å². The maximum Gasteiger partial charge on any atom is 0.178 e. The van der Waals surface area contributed by atoms with E-state index >= 15 is 0 Å². The third kappa shape index (κ3) is 10.8. The molecule has 3 heteroatoms. The van der Waals surface area contributed by atoms with E-state index in [9.17, 15) is 0 Å². The van der Waals surface area contributed by atoms with Crippen LogP contribution in [0.2, 0.25) is 5.82 Å². The van der Waals surface area contributed by atoms with Gasteiger partial charge in [-0.15, -0.1) is 0 Å². The van der Waals surface area contributed by atoms with Crippen LogP contribution in [0.25, 0.3) is 11.0 Å². The quantitative estimate of drug-likeness (QED) is 0.415. The molecular formula is C34H56BN2. The lowest BCUT2D eigenvalue weighted by atomic mass is 9.58. The van der Waals surface area contributed by atoms with Gasteiger partial charge >= 0.3 is 0 Å². The van der Waals surface area contributed by atoms with Crippen molar-refractivity contribution in [2.45, 2.75) is 172 Å². The molecule has 4 rings (SSSR count). The molecule has 2 heterocycles. The molecule has 0 unspecified atom stereocenters. The zero-order valence-corrected chi connectivity index (χ0v) is 24.1. The van der Waals surface area contributed by atoms with Crippen LogP contribution in [-0.2, 0) is 0 Å². The van der Waals surface area contributed by atoms with Gasteiger partial charge < -0.3 is 4.98 Å². The van der Waals surface area contributed by atoms with E-state index < -0.39 is 0 Å². The summed E-state index contributed by atoms with van der Waals surface area (Å²) in [6, 6.07) is 4.77. The van der Waals surface area contributed by atoms with Crippen molar-refractivity contribution in [1.29, 1.82) is 0 Å². The van der Waals surface area contributed by atoms with Crippen LogP contribution in [0.3, 0.4) is 0 Å². The van der Waals surface area contributed by atoms with Crippen molar-refractivity contribution in [2.75, 3.05) is 0 Å². The largest absolute Gasteiger partial charge is 0.366 e. The standard InChI is InChI=1S/C34H56BN2/c1-2-4-9-13-17-21-25-31(24-20-16-12-8-3-1)35-34-27-32-33(37-34)26-30(28-36-32)29-22-18-14-10-6-5-7-11-15-19-23-29/h26-29,31,37H,1-25H2. The highest BCUT2D eigenvalue weighted by Crippen LogP contribution is 2.31. The molecule has 0 aliphatic heterocycles. The maximum atomic E-state index is 4.96. The van der Waals surface area contributed by atoms with Crippen molar-refractivity contribution in [1.82, 2.24) is 9.97 Å². The lowest BCUT2D eigenvalue weighted by Gasteiger charge is -2.18. The van der Waals surface area contributed by atoms with Crippen LogP contribution < -0.4 is 5.59 Å². The highest BCUT2D eigenvalue weighted by Gasteiger charge is 2.17. The first-order chi connectivity index (χ1) is 18.4. The Morgan fingerprint density at radius 2 is 0.973 bits per heavy atom. The van der Waals surface area contributed by atoms with Gasteiger partial charge in [0.25, 0.3) is 0 Å². The summed E-state index contributed by atoms with van der Waals surface area (Å²) in [5, 5.41) is 0. The van der Waals surface area contributed by atoms with Gasteiger partial charge in [-0.2, -0.15) is 0 Å². The molecule has 1 radical (unpaired) electrons. The fraction of sp³-hybridized carbons (Fsp3) is 0.794. The number of pyridine rings is 1. The Balaban J connectivity index is 1.36. The summed E-state index contributed by atoms with van der Waals surface area (Å²) in [7, 11) is 2.56. The molecule has 37 heavy (non-hydrogen) atoms. The van der Waals surface area contributed by atoms with Gasteiger partial charge in [0.1, 0.15) is 0 Å². The Hall–Kier alpha value is -1.25. The Labute approximate surface area is 229 Å². The van der Waals surface area contributed by atoms with Crippen molar-refractivity contribution >= 4 is 23.9 Å². The normalized spacial score (nSPS) is 22.4. The number of hydrogen-bond donors (Lipinski definition) is 1. The van der Waals surface area contributed by atoms with E-state index in [-0.39, 0.29) is 0 Å². The molecule has 0 aromatic carbocycles. The first-order valence-corrected chi connectivity index (χ1v) is 16.7. The minimum Gasteiger partial charge on any atom is -0.366 e. The van der Waals surface area contributed by atoms with Gasteiger partial charge in [0.05, 0.1) is 11.0 Å². The topological polar surface area (TPSA) is 28.7 Å². The summed E-state index contributed by atoms with van der Waals surface area (Å²) in [6.07, 6.45) is 37.7. The molecule has 205 valence electrons. The molecule has 0 amide bonds. The smallest absolute Gasteiger partial charge is 0.178 e. The fourth-order valence-electron chi connectivity index (χ4n) is 7.00. The number of hydrogen-bond acceptors (Lipinski definition) is 1. The van der Waals surface area contributed by atoms with E-state index in [1.807, 2.05) is 0 Å². The third-order valence-electron chi connectivity index (χ3n) is 9.40. The van der Waals surface area contributed by atoms with E-state index in [2.05, 4.69) is 30.6 Å². The molecule has 2 saturated carbocycles. The van der Waals surface area contributed by atoms with Crippen LogP contribution in [0.4, 0.5) is 0 Å². The highest BCUT2D eigenvalue weighted by molar-refractivity contribution is 6.54. The average molecular weight is 504 g/mol. The van der Waals surface area contributed by atoms with E-state index in [0.29, 0.717) is 11.7 Å². The molecule has 0 saturated heterocycles. The summed E-state index contributed by atoms with van der Waals surface area (Å²) in [5.74, 6) is 1.40. The molecule has 2 aromatic heterocycles. The fourth-order valence-corrected chi connectivity index (χ4v) is 7.00. The molecule has 2 fully saturated rings. The Morgan fingerprint density at radius 1 is 0.541 bits per heavy atom. The van der Waals surface area contributed by atoms with E-state index in [4.69, 9.17) is 4.98 Å². The molecule has 0 bridgehead atoms. The van der Waals surface area contributed by atoms with Gasteiger partial charge in [-0.25, -0.2) is 0 Å². The van der Waals surface area contributed by atoms with Gasteiger partial charge in [0.15, 0.2) is 7.28 Å². The summed E-state index contributed by atoms with van der Waals surface area (Å²) >= 11 is 0. The number of nitrogens with zero attached hydrogens (tertiary/aromatic N) is 1. The number of fused-ring (bicyclic) bond motifs is 1. The SMILES string of the molecule is [B](c1cc2ncc(C3CCCCCCCCCCC3)cc2[nH]1)C1CCCCCCCCCCCCCC1. The van der Waals surface area contributed by atoms with Crippen LogP contribution in [0.5, 0.6) is 0 Å². The minimum atomic E-state index is 0.691. The van der Waals surface area contributed by atoms with Crippen LogP contribution in [0.1, 0.15) is 172 Å². The van der Waals surface area contributed by atoms with E-state index in [1.54, 1.807) is 0 Å². The predicted molar refractivity (Wildman–Crippen MR) is 163 cm³/mol. The number of nitrogens with one attached hydrogen (secondary N) is 1. The van der Waals surface area contributed by atoms with Crippen molar-refractivity contribution in [3.63, 3.8) is 0 Å². The zero-order chi connectivity index (χ0) is 25.4. The zero-order valence-electron chi connectivity index (χ0n) is 24.1. The molecule has 0 atom stereocenters. The van der Waals surface area contributed by atoms with E-state index in [1.165, 1.54) is 177 Å². The van der Waals surface area contributed by atoms with E-state index in [0.717, 1.165) is 5.52 Å². The molecule has 2 aromatic rings. The summed E-state index contributed by atoms with van der Waals surface area (Å²) in [4.78, 5) is 8.75. The number of aromatic amines is 1. The monoisotopic (exact) mass is 503 g/mol. The Morgan fingerprint density at radius 3 is 1.46 bits per heavy atom. The summed E-state index contributed by atoms with van der Waals surface area (Å²) in [5.41, 5.74) is 5.19. The van der Waals surface area contributed by atoms with Crippen molar-refractivity contribution in [3.8, 4) is 0 Å².